The van der Waals surface area contributed by atoms with Crippen LogP contribution in [0, 0.1) is 6.92 Å². The summed E-state index contributed by atoms with van der Waals surface area (Å²) in [4.78, 5) is 12.3. The number of methoxy groups -OCH3 is 1. The van der Waals surface area contributed by atoms with Crippen molar-refractivity contribution in [3.63, 3.8) is 0 Å². The Morgan fingerprint density at radius 2 is 2.04 bits per heavy atom. The van der Waals surface area contributed by atoms with Crippen molar-refractivity contribution in [1.29, 1.82) is 0 Å². The Kier molecular flexibility index (Phi) is 5.80. The maximum atomic E-state index is 12.3. The van der Waals surface area contributed by atoms with E-state index in [1.54, 1.807) is 24.5 Å². The third kappa shape index (κ3) is 4.36. The van der Waals surface area contributed by atoms with Crippen LogP contribution in [-0.2, 0) is 4.79 Å². The summed E-state index contributed by atoms with van der Waals surface area (Å²) in [6, 6.07) is 13.1. The topological polar surface area (TPSA) is 69.0 Å². The summed E-state index contributed by atoms with van der Waals surface area (Å²) in [5, 5.41) is 12.0. The fraction of sp³-hybridized carbons (Fsp3) is 0.167. The Labute approximate surface area is 160 Å². The van der Waals surface area contributed by atoms with Gasteiger partial charge in [-0.15, -0.1) is 10.2 Å². The maximum absolute atomic E-state index is 12.3. The smallest absolute Gasteiger partial charge is 0.234 e. The minimum atomic E-state index is -0.186. The van der Waals surface area contributed by atoms with Gasteiger partial charge in [-0.05, 0) is 37.3 Å². The van der Waals surface area contributed by atoms with Gasteiger partial charge >= 0.3 is 0 Å². The van der Waals surface area contributed by atoms with E-state index in [2.05, 4.69) is 15.5 Å². The first-order valence-corrected chi connectivity index (χ1v) is 9.16. The van der Waals surface area contributed by atoms with Crippen LogP contribution in [-0.4, -0.2) is 33.5 Å². The first-order valence-electron chi connectivity index (χ1n) is 7.80. The highest BCUT2D eigenvalue weighted by molar-refractivity contribution is 7.99. The van der Waals surface area contributed by atoms with Crippen molar-refractivity contribution < 1.29 is 9.53 Å². The van der Waals surface area contributed by atoms with Crippen LogP contribution in [0.4, 0.5) is 5.69 Å². The van der Waals surface area contributed by atoms with Crippen LogP contribution in [0.25, 0.3) is 5.69 Å². The van der Waals surface area contributed by atoms with Crippen LogP contribution < -0.4 is 10.1 Å². The van der Waals surface area contributed by atoms with E-state index < -0.39 is 0 Å². The number of hydrogen-bond donors (Lipinski definition) is 1. The Bertz CT molecular complexity index is 912. The number of nitrogens with zero attached hydrogens (tertiary/aromatic N) is 3. The molecule has 0 bridgehead atoms. The first-order chi connectivity index (χ1) is 12.6. The van der Waals surface area contributed by atoms with Crippen LogP contribution >= 0.6 is 23.4 Å². The second-order valence-electron chi connectivity index (χ2n) is 5.50. The van der Waals surface area contributed by atoms with Gasteiger partial charge in [0.2, 0.25) is 5.91 Å². The van der Waals surface area contributed by atoms with Crippen molar-refractivity contribution in [2.75, 3.05) is 18.2 Å². The number of carbonyl (C=O) groups excluding carboxylic acids is 1. The Balaban J connectivity index is 1.67. The van der Waals surface area contributed by atoms with Gasteiger partial charge in [0.15, 0.2) is 5.16 Å². The molecule has 3 rings (SSSR count). The van der Waals surface area contributed by atoms with E-state index in [0.717, 1.165) is 5.69 Å². The lowest BCUT2D eigenvalue weighted by Crippen LogP contribution is -2.15. The number of benzene rings is 2. The van der Waals surface area contributed by atoms with E-state index in [4.69, 9.17) is 16.3 Å². The van der Waals surface area contributed by atoms with Gasteiger partial charge in [-0.1, -0.05) is 41.1 Å². The summed E-state index contributed by atoms with van der Waals surface area (Å²) >= 11 is 7.28. The average molecular weight is 389 g/mol. The largest absolute Gasteiger partial charge is 0.495 e. The van der Waals surface area contributed by atoms with E-state index in [1.807, 2.05) is 35.8 Å². The molecule has 1 heterocycles. The SMILES string of the molecule is COc1ccc(Cl)cc1NC(=O)CSc1nncn1-c1ccc(C)cc1. The normalized spacial score (nSPS) is 10.6. The number of nitrogens with one attached hydrogen (secondary N) is 1. The molecule has 1 amide bonds. The quantitative estimate of drug-likeness (QED) is 0.647. The van der Waals surface area contributed by atoms with Gasteiger partial charge < -0.3 is 10.1 Å². The third-order valence-electron chi connectivity index (χ3n) is 3.60. The zero-order chi connectivity index (χ0) is 18.5. The lowest BCUT2D eigenvalue weighted by molar-refractivity contribution is -0.113. The molecule has 6 nitrogen and oxygen atoms in total. The monoisotopic (exact) mass is 388 g/mol. The van der Waals surface area contributed by atoms with Crippen LogP contribution in [0.3, 0.4) is 0 Å². The van der Waals surface area contributed by atoms with E-state index in [-0.39, 0.29) is 11.7 Å². The molecule has 3 aromatic rings. The van der Waals surface area contributed by atoms with E-state index in [0.29, 0.717) is 21.6 Å². The number of halogens is 1. The Morgan fingerprint density at radius 1 is 1.27 bits per heavy atom. The second kappa shape index (κ2) is 8.25. The van der Waals surface area contributed by atoms with Gasteiger partial charge in [-0.2, -0.15) is 0 Å². The number of ether oxygens (including phenoxy) is 1. The predicted molar refractivity (Wildman–Crippen MR) is 103 cm³/mol. The first kappa shape index (κ1) is 18.3. The molecule has 1 aromatic heterocycles. The number of aryl methyl sites for hydroxylation is 1. The highest BCUT2D eigenvalue weighted by Gasteiger charge is 2.12. The molecular weight excluding hydrogens is 372 g/mol. The van der Waals surface area contributed by atoms with Crippen molar-refractivity contribution in [3.05, 3.63) is 59.4 Å². The van der Waals surface area contributed by atoms with Crippen LogP contribution in [0.2, 0.25) is 5.02 Å². The third-order valence-corrected chi connectivity index (χ3v) is 4.77. The van der Waals surface area contributed by atoms with Gasteiger partial charge in [-0.25, -0.2) is 0 Å². The summed E-state index contributed by atoms with van der Waals surface area (Å²) in [6.45, 7) is 2.03. The molecule has 0 fully saturated rings. The van der Waals surface area contributed by atoms with Crippen molar-refractivity contribution in [3.8, 4) is 11.4 Å². The average Bonchev–Trinajstić information content (AvgIpc) is 3.09. The molecule has 8 heteroatoms. The number of thioether (sulfide) groups is 1. The standard InChI is InChI=1S/C18H17ClN4O2S/c1-12-3-6-14(7-4-12)23-11-20-22-18(23)26-10-17(24)21-15-9-13(19)5-8-16(15)25-2/h3-9,11H,10H2,1-2H3,(H,21,24). The second-order valence-corrected chi connectivity index (χ2v) is 6.88. The van der Waals surface area contributed by atoms with Gasteiger partial charge in [0.25, 0.3) is 0 Å². The molecule has 0 radical (unpaired) electrons. The van der Waals surface area contributed by atoms with Gasteiger partial charge in [0.1, 0.15) is 12.1 Å². The van der Waals surface area contributed by atoms with E-state index in [9.17, 15) is 4.79 Å². The molecule has 0 aliphatic carbocycles. The Hall–Kier alpha value is -2.51. The minimum Gasteiger partial charge on any atom is -0.495 e. The molecule has 0 aliphatic heterocycles. The number of amides is 1. The number of rotatable bonds is 6. The zero-order valence-electron chi connectivity index (χ0n) is 14.3. The van der Waals surface area contributed by atoms with Crippen molar-refractivity contribution in [2.24, 2.45) is 0 Å². The van der Waals surface area contributed by atoms with Gasteiger partial charge in [0, 0.05) is 10.7 Å². The van der Waals surface area contributed by atoms with E-state index in [1.165, 1.54) is 24.4 Å². The summed E-state index contributed by atoms with van der Waals surface area (Å²) < 4.78 is 7.08. The Morgan fingerprint density at radius 3 is 2.77 bits per heavy atom. The molecule has 0 spiro atoms. The van der Waals surface area contributed by atoms with Crippen molar-refractivity contribution >= 4 is 35.0 Å². The van der Waals surface area contributed by atoms with Gasteiger partial charge in [-0.3, -0.25) is 9.36 Å². The molecule has 0 saturated heterocycles. The predicted octanol–water partition coefficient (Wildman–Crippen LogP) is 3.97. The molecular formula is C18H17ClN4O2S. The number of aromatic nitrogens is 3. The number of hydrogen-bond acceptors (Lipinski definition) is 5. The van der Waals surface area contributed by atoms with Crippen LogP contribution in [0.1, 0.15) is 5.56 Å². The molecule has 0 aliphatic rings. The summed E-state index contributed by atoms with van der Waals surface area (Å²) in [6.07, 6.45) is 1.63. The summed E-state index contributed by atoms with van der Waals surface area (Å²) in [7, 11) is 1.54. The molecule has 2 aromatic carbocycles. The highest BCUT2D eigenvalue weighted by Crippen LogP contribution is 2.28. The van der Waals surface area contributed by atoms with Crippen molar-refractivity contribution in [1.82, 2.24) is 14.8 Å². The zero-order valence-corrected chi connectivity index (χ0v) is 15.8. The van der Waals surface area contributed by atoms with Crippen LogP contribution in [0.5, 0.6) is 5.75 Å². The maximum Gasteiger partial charge on any atom is 0.234 e. The molecule has 0 unspecified atom stereocenters. The van der Waals surface area contributed by atoms with Crippen LogP contribution in [0.15, 0.2) is 53.9 Å². The van der Waals surface area contributed by atoms with E-state index >= 15 is 0 Å². The lowest BCUT2D eigenvalue weighted by Gasteiger charge is -2.10. The number of anilines is 1. The molecule has 134 valence electrons. The molecule has 1 N–H and O–H groups in total. The fourth-order valence-corrected chi connectivity index (χ4v) is 3.20. The molecule has 0 atom stereocenters. The highest BCUT2D eigenvalue weighted by atomic mass is 35.5. The van der Waals surface area contributed by atoms with Gasteiger partial charge in [0.05, 0.1) is 18.6 Å². The minimum absolute atomic E-state index is 0.181. The molecule has 26 heavy (non-hydrogen) atoms. The number of carbonyl (C=O) groups is 1. The summed E-state index contributed by atoms with van der Waals surface area (Å²) in [5.41, 5.74) is 2.65. The lowest BCUT2D eigenvalue weighted by atomic mass is 10.2. The van der Waals surface area contributed by atoms with Crippen molar-refractivity contribution in [2.45, 2.75) is 12.1 Å². The fourth-order valence-electron chi connectivity index (χ4n) is 2.30. The molecule has 0 saturated carbocycles. The summed E-state index contributed by atoms with van der Waals surface area (Å²) in [5.74, 6) is 0.546.